The molecule has 0 aliphatic carbocycles. The van der Waals surface area contributed by atoms with Gasteiger partial charge in [0.25, 0.3) is 0 Å². The summed E-state index contributed by atoms with van der Waals surface area (Å²) in [6.45, 7) is 20.2. The molecule has 0 aliphatic heterocycles. The van der Waals surface area contributed by atoms with Crippen molar-refractivity contribution in [3.8, 4) is 0 Å². The van der Waals surface area contributed by atoms with E-state index < -0.39 is 0 Å². The maximum Gasteiger partial charge on any atom is 0.0565 e. The molecule has 0 amide bonds. The summed E-state index contributed by atoms with van der Waals surface area (Å²) in [5.41, 5.74) is 4.49. The van der Waals surface area contributed by atoms with Crippen molar-refractivity contribution in [2.75, 3.05) is 0 Å². The minimum absolute atomic E-state index is 1.01. The van der Waals surface area contributed by atoms with E-state index in [1.165, 1.54) is 11.1 Å². The summed E-state index contributed by atoms with van der Waals surface area (Å²) in [5.74, 6) is 0. The number of nitrogens with zero attached hydrogens (tertiary/aromatic N) is 1. The van der Waals surface area contributed by atoms with E-state index in [4.69, 9.17) is 0 Å². The normalized spacial score (nSPS) is 8.72. The van der Waals surface area contributed by atoms with E-state index in [1.54, 1.807) is 6.20 Å². The van der Waals surface area contributed by atoms with E-state index in [0.29, 0.717) is 0 Å². The molecule has 0 bridgehead atoms. The number of hydrogen-bond donors (Lipinski definition) is 1. The first-order chi connectivity index (χ1) is 8.66. The van der Waals surface area contributed by atoms with Crippen LogP contribution in [0, 0.1) is 0 Å². The lowest BCUT2D eigenvalue weighted by atomic mass is 9.98. The molecule has 18 heavy (non-hydrogen) atoms. The molecule has 0 saturated heterocycles. The Morgan fingerprint density at radius 2 is 1.83 bits per heavy atom. The van der Waals surface area contributed by atoms with Crippen molar-refractivity contribution in [1.29, 1.82) is 0 Å². The number of rotatable bonds is 3. The maximum absolute atomic E-state index is 4.07. The molecule has 0 fully saturated rings. The summed E-state index contributed by atoms with van der Waals surface area (Å²) in [6, 6.07) is 0. The fourth-order valence-corrected chi connectivity index (χ4v) is 1.31. The largest absolute Gasteiger partial charge is 0.285 e. The van der Waals surface area contributed by atoms with E-state index in [2.05, 4.69) is 49.9 Å². The second kappa shape index (κ2) is 11.6. The van der Waals surface area contributed by atoms with Gasteiger partial charge in [-0.3, -0.25) is 5.10 Å². The topological polar surface area (TPSA) is 28.7 Å². The minimum Gasteiger partial charge on any atom is -0.285 e. The van der Waals surface area contributed by atoms with Crippen LogP contribution in [0.3, 0.4) is 0 Å². The Kier molecular flexibility index (Phi) is 12.0. The molecule has 1 aromatic heterocycles. The van der Waals surface area contributed by atoms with Gasteiger partial charge in [-0.25, -0.2) is 0 Å². The Hall–Kier alpha value is -1.83. The molecule has 2 nitrogen and oxygen atoms in total. The Morgan fingerprint density at radius 1 is 1.28 bits per heavy atom. The van der Waals surface area contributed by atoms with Gasteiger partial charge in [-0.05, 0) is 31.9 Å². The van der Waals surface area contributed by atoms with Crippen molar-refractivity contribution in [3.63, 3.8) is 0 Å². The number of aromatic amines is 1. The van der Waals surface area contributed by atoms with Gasteiger partial charge >= 0.3 is 0 Å². The van der Waals surface area contributed by atoms with E-state index in [9.17, 15) is 0 Å². The van der Waals surface area contributed by atoms with Crippen LogP contribution in [0.1, 0.15) is 40.2 Å². The molecule has 0 atom stereocenters. The smallest absolute Gasteiger partial charge is 0.0565 e. The van der Waals surface area contributed by atoms with E-state index >= 15 is 0 Å². The molecule has 0 aliphatic rings. The SMILES string of the molecule is C=C.C=C(C(/C=C\C)=C(C)C)c1cn[nH]c1.CC. The summed E-state index contributed by atoms with van der Waals surface area (Å²) < 4.78 is 0. The number of allylic oxidation sites excluding steroid dienone is 5. The first-order valence-electron chi connectivity index (χ1n) is 6.15. The predicted molar refractivity (Wildman–Crippen MR) is 83.4 cm³/mol. The highest BCUT2D eigenvalue weighted by molar-refractivity contribution is 5.80. The molecular weight excluding hydrogens is 220 g/mol. The summed E-state index contributed by atoms with van der Waals surface area (Å²) in [6.07, 6.45) is 7.74. The molecule has 100 valence electrons. The highest BCUT2D eigenvalue weighted by Crippen LogP contribution is 2.23. The van der Waals surface area contributed by atoms with Crippen LogP contribution in [-0.4, -0.2) is 10.2 Å². The van der Waals surface area contributed by atoms with E-state index in [-0.39, 0.29) is 0 Å². The molecule has 0 radical (unpaired) electrons. The Morgan fingerprint density at radius 3 is 2.17 bits per heavy atom. The van der Waals surface area contributed by atoms with Crippen LogP contribution in [-0.2, 0) is 0 Å². The summed E-state index contributed by atoms with van der Waals surface area (Å²) in [7, 11) is 0. The second-order valence-corrected chi connectivity index (χ2v) is 3.38. The van der Waals surface area contributed by atoms with Gasteiger partial charge < -0.3 is 0 Å². The number of hydrogen-bond acceptors (Lipinski definition) is 1. The van der Waals surface area contributed by atoms with Crippen LogP contribution in [0.25, 0.3) is 5.57 Å². The van der Waals surface area contributed by atoms with Gasteiger partial charge in [0.2, 0.25) is 0 Å². The molecule has 0 unspecified atom stereocenters. The fraction of sp³-hybridized carbons (Fsp3) is 0.312. The van der Waals surface area contributed by atoms with Crippen LogP contribution in [0.5, 0.6) is 0 Å². The van der Waals surface area contributed by atoms with Crippen molar-refractivity contribution in [3.05, 3.63) is 61.0 Å². The molecule has 1 heterocycles. The van der Waals surface area contributed by atoms with Crippen molar-refractivity contribution in [2.45, 2.75) is 34.6 Å². The van der Waals surface area contributed by atoms with Crippen molar-refractivity contribution >= 4 is 5.57 Å². The Labute approximate surface area is 112 Å². The van der Waals surface area contributed by atoms with Gasteiger partial charge in [0.15, 0.2) is 0 Å². The van der Waals surface area contributed by atoms with Crippen molar-refractivity contribution < 1.29 is 0 Å². The van der Waals surface area contributed by atoms with Crippen molar-refractivity contribution in [2.24, 2.45) is 0 Å². The number of nitrogens with one attached hydrogen (secondary N) is 1. The summed E-state index contributed by atoms with van der Waals surface area (Å²) in [5, 5.41) is 6.70. The van der Waals surface area contributed by atoms with E-state index in [0.717, 1.165) is 11.1 Å². The molecule has 0 spiro atoms. The number of aromatic nitrogens is 2. The third-order valence-corrected chi connectivity index (χ3v) is 2.04. The third-order valence-electron chi connectivity index (χ3n) is 2.04. The zero-order valence-electron chi connectivity index (χ0n) is 12.4. The van der Waals surface area contributed by atoms with Gasteiger partial charge in [-0.1, -0.05) is 38.2 Å². The van der Waals surface area contributed by atoms with E-state index in [1.807, 2.05) is 33.0 Å². The van der Waals surface area contributed by atoms with Crippen LogP contribution in [0.15, 0.2) is 55.4 Å². The van der Waals surface area contributed by atoms with Gasteiger partial charge in [-0.15, -0.1) is 13.2 Å². The molecule has 1 rings (SSSR count). The second-order valence-electron chi connectivity index (χ2n) is 3.38. The highest BCUT2D eigenvalue weighted by atomic mass is 15.1. The molecule has 1 N–H and O–H groups in total. The quantitative estimate of drug-likeness (QED) is 0.579. The molecule has 0 aromatic carbocycles. The van der Waals surface area contributed by atoms with Gasteiger partial charge in [0.1, 0.15) is 0 Å². The van der Waals surface area contributed by atoms with Crippen molar-refractivity contribution in [1.82, 2.24) is 10.2 Å². The first-order valence-corrected chi connectivity index (χ1v) is 6.15. The van der Waals surface area contributed by atoms with Crippen LogP contribution in [0.2, 0.25) is 0 Å². The van der Waals surface area contributed by atoms with Crippen LogP contribution >= 0.6 is 0 Å². The maximum atomic E-state index is 4.07. The summed E-state index contributed by atoms with van der Waals surface area (Å²) in [4.78, 5) is 0. The zero-order chi connectivity index (χ0) is 14.6. The average Bonchev–Trinajstić information content (AvgIpc) is 2.93. The minimum atomic E-state index is 1.01. The lowest BCUT2D eigenvalue weighted by Gasteiger charge is -2.06. The molecule has 2 heteroatoms. The number of H-pyrrole nitrogens is 1. The van der Waals surface area contributed by atoms with Crippen LogP contribution < -0.4 is 0 Å². The lowest BCUT2D eigenvalue weighted by Crippen LogP contribution is -1.86. The highest BCUT2D eigenvalue weighted by Gasteiger charge is 2.04. The zero-order valence-corrected chi connectivity index (χ0v) is 12.4. The monoisotopic (exact) mass is 246 g/mol. The average molecular weight is 246 g/mol. The third kappa shape index (κ3) is 6.04. The van der Waals surface area contributed by atoms with Crippen LogP contribution in [0.4, 0.5) is 0 Å². The molecule has 1 aromatic rings. The summed E-state index contributed by atoms with van der Waals surface area (Å²) >= 11 is 0. The Balaban J connectivity index is 0. The fourth-order valence-electron chi connectivity index (χ4n) is 1.31. The predicted octanol–water partition coefficient (Wildman–Crippen LogP) is 5.16. The molecule has 0 saturated carbocycles. The lowest BCUT2D eigenvalue weighted by molar-refractivity contribution is 1.09. The Bertz CT molecular complexity index is 377. The van der Waals surface area contributed by atoms with Gasteiger partial charge in [-0.2, -0.15) is 5.10 Å². The molecular formula is C16H26N2. The first kappa shape index (κ1) is 18.5. The van der Waals surface area contributed by atoms with Gasteiger partial charge in [0, 0.05) is 11.8 Å². The standard InChI is InChI=1S/C12H16N2.C2H6.C2H4/c1-5-6-12(9(2)3)10(4)11-7-13-14-8-11;2*1-2/h5-8H,4H2,1-3H3,(H,13,14);1-2H3;1-2H2/b6-5-;;. The van der Waals surface area contributed by atoms with Gasteiger partial charge in [0.05, 0.1) is 6.20 Å².